The Morgan fingerprint density at radius 1 is 1.21 bits per heavy atom. The number of allylic oxidation sites excluding steroid dienone is 1. The number of hydrogen-bond donors (Lipinski definition) is 0. The van der Waals surface area contributed by atoms with Gasteiger partial charge in [-0.25, -0.2) is 0 Å². The van der Waals surface area contributed by atoms with Crippen molar-refractivity contribution in [2.45, 2.75) is 39.0 Å². The molecule has 74 valence electrons. The van der Waals surface area contributed by atoms with Crippen molar-refractivity contribution < 1.29 is 0 Å². The van der Waals surface area contributed by atoms with E-state index >= 15 is 0 Å². The lowest BCUT2D eigenvalue weighted by molar-refractivity contribution is 0.568. The molecule has 0 amide bonds. The van der Waals surface area contributed by atoms with Gasteiger partial charge < -0.3 is 0 Å². The van der Waals surface area contributed by atoms with Crippen molar-refractivity contribution in [2.75, 3.05) is 0 Å². The molecule has 0 N–H and O–H groups in total. The molecule has 1 heterocycles. The third-order valence-corrected chi connectivity index (χ3v) is 2.73. The molecule has 1 nitrogen and oxygen atoms in total. The van der Waals surface area contributed by atoms with E-state index in [0.29, 0.717) is 0 Å². The van der Waals surface area contributed by atoms with E-state index in [4.69, 9.17) is 0 Å². The lowest BCUT2D eigenvalue weighted by atomic mass is 9.90. The summed E-state index contributed by atoms with van der Waals surface area (Å²) in [6.07, 6.45) is 4.09. The highest BCUT2D eigenvalue weighted by Crippen LogP contribution is 2.28. The second-order valence-electron chi connectivity index (χ2n) is 5.19. The third kappa shape index (κ3) is 1.59. The summed E-state index contributed by atoms with van der Waals surface area (Å²) < 4.78 is 0. The second-order valence-corrected chi connectivity index (χ2v) is 5.19. The molecule has 1 aliphatic carbocycles. The first-order valence-corrected chi connectivity index (χ1v) is 5.12. The first kappa shape index (κ1) is 9.45. The van der Waals surface area contributed by atoms with E-state index in [9.17, 15) is 0 Å². The smallest absolute Gasteiger partial charge is 0.0460 e. The van der Waals surface area contributed by atoms with Crippen LogP contribution in [0, 0.1) is 0 Å². The van der Waals surface area contributed by atoms with Crippen LogP contribution in [-0.2, 0) is 18.3 Å². The Morgan fingerprint density at radius 2 is 1.86 bits per heavy atom. The fourth-order valence-electron chi connectivity index (χ4n) is 1.86. The fourth-order valence-corrected chi connectivity index (χ4v) is 1.86. The summed E-state index contributed by atoms with van der Waals surface area (Å²) in [5, 5.41) is 0. The summed E-state index contributed by atoms with van der Waals surface area (Å²) in [6.45, 7) is 10.6. The van der Waals surface area contributed by atoms with Crippen molar-refractivity contribution in [1.29, 1.82) is 0 Å². The van der Waals surface area contributed by atoms with E-state index in [2.05, 4.69) is 38.4 Å². The Morgan fingerprint density at radius 3 is 2.50 bits per heavy atom. The number of fused-ring (bicyclic) bond motifs is 1. The molecular weight excluding hydrogens is 170 g/mol. The van der Waals surface area contributed by atoms with Crippen molar-refractivity contribution in [3.05, 3.63) is 41.2 Å². The van der Waals surface area contributed by atoms with Gasteiger partial charge in [0.05, 0.1) is 0 Å². The maximum atomic E-state index is 4.51. The Kier molecular flexibility index (Phi) is 1.99. The average Bonchev–Trinajstić information content (AvgIpc) is 2.41. The second kappa shape index (κ2) is 2.94. The van der Waals surface area contributed by atoms with Crippen LogP contribution in [0.5, 0.6) is 0 Å². The predicted octanol–water partition coefficient (Wildman–Crippen LogP) is 3.03. The monoisotopic (exact) mass is 187 g/mol. The fraction of sp³-hybridized carbons (Fsp3) is 0.462. The number of rotatable bonds is 0. The topological polar surface area (TPSA) is 12.9 Å². The molecule has 14 heavy (non-hydrogen) atoms. The van der Waals surface area contributed by atoms with Crippen LogP contribution in [0.3, 0.4) is 0 Å². The van der Waals surface area contributed by atoms with Gasteiger partial charge in [0.25, 0.3) is 0 Å². The summed E-state index contributed by atoms with van der Waals surface area (Å²) in [7, 11) is 0. The summed E-state index contributed by atoms with van der Waals surface area (Å²) in [5.41, 5.74) is 5.44. The molecule has 0 spiro atoms. The standard InChI is InChI=1S/C13H17N/c1-9-5-10-7-12(13(2,3)4)14-8-11(10)6-9/h7-8H,1,5-6H2,2-4H3. The van der Waals surface area contributed by atoms with E-state index in [1.165, 1.54) is 22.4 Å². The minimum absolute atomic E-state index is 0.152. The van der Waals surface area contributed by atoms with Crippen molar-refractivity contribution >= 4 is 0 Å². The highest BCUT2D eigenvalue weighted by Gasteiger charge is 2.20. The zero-order valence-corrected chi connectivity index (χ0v) is 9.22. The van der Waals surface area contributed by atoms with Crippen LogP contribution in [0.1, 0.15) is 37.6 Å². The van der Waals surface area contributed by atoms with Gasteiger partial charge in [0, 0.05) is 17.3 Å². The zero-order valence-electron chi connectivity index (χ0n) is 9.22. The molecule has 0 saturated heterocycles. The lowest BCUT2D eigenvalue weighted by Gasteiger charge is -2.18. The molecule has 1 aromatic heterocycles. The molecule has 0 atom stereocenters. The first-order chi connectivity index (χ1) is 6.47. The van der Waals surface area contributed by atoms with Crippen molar-refractivity contribution in [1.82, 2.24) is 4.98 Å². The van der Waals surface area contributed by atoms with Crippen molar-refractivity contribution in [3.63, 3.8) is 0 Å². The molecule has 0 radical (unpaired) electrons. The minimum atomic E-state index is 0.152. The number of pyridine rings is 1. The van der Waals surface area contributed by atoms with Gasteiger partial charge >= 0.3 is 0 Å². The summed E-state index contributed by atoms with van der Waals surface area (Å²) >= 11 is 0. The number of aromatic nitrogens is 1. The average molecular weight is 187 g/mol. The minimum Gasteiger partial charge on any atom is -0.260 e. The molecular formula is C13H17N. The highest BCUT2D eigenvalue weighted by molar-refractivity contribution is 5.40. The summed E-state index contributed by atoms with van der Waals surface area (Å²) in [5.74, 6) is 0. The first-order valence-electron chi connectivity index (χ1n) is 5.12. The third-order valence-electron chi connectivity index (χ3n) is 2.73. The zero-order chi connectivity index (χ0) is 10.3. The van der Waals surface area contributed by atoms with Crippen molar-refractivity contribution in [3.8, 4) is 0 Å². The summed E-state index contributed by atoms with van der Waals surface area (Å²) in [4.78, 5) is 4.51. The molecule has 0 saturated carbocycles. The van der Waals surface area contributed by atoms with E-state index in [-0.39, 0.29) is 5.41 Å². The van der Waals surface area contributed by atoms with E-state index < -0.39 is 0 Å². The van der Waals surface area contributed by atoms with Gasteiger partial charge in [0.15, 0.2) is 0 Å². The van der Waals surface area contributed by atoms with Crippen molar-refractivity contribution in [2.24, 2.45) is 0 Å². The Hall–Kier alpha value is -1.11. The maximum absolute atomic E-state index is 4.51. The van der Waals surface area contributed by atoms with E-state index in [1.54, 1.807) is 0 Å². The van der Waals surface area contributed by atoms with E-state index in [0.717, 1.165) is 12.8 Å². The van der Waals surface area contributed by atoms with Gasteiger partial charge in [-0.1, -0.05) is 32.9 Å². The normalized spacial score (nSPS) is 15.8. The maximum Gasteiger partial charge on any atom is 0.0460 e. The number of nitrogens with zero attached hydrogens (tertiary/aromatic N) is 1. The quantitative estimate of drug-likeness (QED) is 0.569. The SMILES string of the molecule is C=C1Cc2cnc(C(C)(C)C)cc2C1. The Bertz CT molecular complexity index is 383. The molecule has 2 rings (SSSR count). The molecule has 0 aromatic carbocycles. The van der Waals surface area contributed by atoms with Crippen LogP contribution in [0.15, 0.2) is 24.4 Å². The van der Waals surface area contributed by atoms with Gasteiger partial charge in [-0.2, -0.15) is 0 Å². The highest BCUT2D eigenvalue weighted by atomic mass is 14.7. The molecule has 1 aromatic rings. The molecule has 1 heteroatoms. The van der Waals surface area contributed by atoms with Crippen LogP contribution in [0.4, 0.5) is 0 Å². The van der Waals surface area contributed by atoms with Gasteiger partial charge in [-0.15, -0.1) is 0 Å². The summed E-state index contributed by atoms with van der Waals surface area (Å²) in [6, 6.07) is 2.24. The molecule has 0 unspecified atom stereocenters. The van der Waals surface area contributed by atoms with Crippen LogP contribution in [0.2, 0.25) is 0 Å². The largest absolute Gasteiger partial charge is 0.260 e. The van der Waals surface area contributed by atoms with E-state index in [1.807, 2.05) is 6.20 Å². The molecule has 0 bridgehead atoms. The molecule has 1 aliphatic rings. The van der Waals surface area contributed by atoms with Crippen LogP contribution in [0.25, 0.3) is 0 Å². The number of hydrogen-bond acceptors (Lipinski definition) is 1. The van der Waals surface area contributed by atoms with Gasteiger partial charge in [0.1, 0.15) is 0 Å². The van der Waals surface area contributed by atoms with Gasteiger partial charge in [-0.05, 0) is 30.0 Å². The molecule has 0 fully saturated rings. The van der Waals surface area contributed by atoms with Crippen LogP contribution in [-0.4, -0.2) is 4.98 Å². The Balaban J connectivity index is 2.43. The Labute approximate surface area is 85.9 Å². The molecule has 0 aliphatic heterocycles. The van der Waals surface area contributed by atoms with Crippen LogP contribution >= 0.6 is 0 Å². The van der Waals surface area contributed by atoms with Gasteiger partial charge in [-0.3, -0.25) is 4.98 Å². The lowest BCUT2D eigenvalue weighted by Crippen LogP contribution is -2.13. The van der Waals surface area contributed by atoms with Gasteiger partial charge in [0.2, 0.25) is 0 Å². The van der Waals surface area contributed by atoms with Crippen LogP contribution < -0.4 is 0 Å². The predicted molar refractivity (Wildman–Crippen MR) is 59.5 cm³/mol.